The van der Waals surface area contributed by atoms with Crippen molar-refractivity contribution in [3.05, 3.63) is 46.4 Å². The molecule has 4 rings (SSSR count). The van der Waals surface area contributed by atoms with Gasteiger partial charge in [0.25, 0.3) is 0 Å². The van der Waals surface area contributed by atoms with E-state index in [1.807, 2.05) is 3.88 Å². The van der Waals surface area contributed by atoms with Gasteiger partial charge in [0, 0.05) is 0 Å². The van der Waals surface area contributed by atoms with E-state index < -0.39 is 8.07 Å². The molecular formula is C21H30Cl2SiTi. The van der Waals surface area contributed by atoms with Crippen molar-refractivity contribution >= 4 is 8.07 Å². The number of unbranched alkanes of at least 4 members (excludes halogenated alkanes) is 1. The molecule has 0 aromatic carbocycles. The van der Waals surface area contributed by atoms with E-state index >= 15 is 0 Å². The van der Waals surface area contributed by atoms with Gasteiger partial charge in [0.15, 0.2) is 0 Å². The summed E-state index contributed by atoms with van der Waals surface area (Å²) < 4.78 is 2.94. The Hall–Kier alpha value is 0.471. The second-order valence-electron chi connectivity index (χ2n) is 8.17. The van der Waals surface area contributed by atoms with E-state index in [9.17, 15) is 0 Å². The van der Waals surface area contributed by atoms with E-state index in [-0.39, 0.29) is 44.0 Å². The number of halogens is 2. The second kappa shape index (κ2) is 9.60. The summed E-state index contributed by atoms with van der Waals surface area (Å²) >= 11 is 0.0940. The fourth-order valence-corrected chi connectivity index (χ4v) is 16.3. The average Bonchev–Trinajstić information content (AvgIpc) is 3.15. The summed E-state index contributed by atoms with van der Waals surface area (Å²) in [5, 5.41) is 0. The Morgan fingerprint density at radius 1 is 1.12 bits per heavy atom. The van der Waals surface area contributed by atoms with E-state index in [0.29, 0.717) is 0 Å². The zero-order valence-corrected chi connectivity index (χ0v) is 19.3. The summed E-state index contributed by atoms with van der Waals surface area (Å²) in [6.07, 6.45) is 24.3. The predicted molar refractivity (Wildman–Crippen MR) is 98.9 cm³/mol. The van der Waals surface area contributed by atoms with E-state index in [4.69, 9.17) is 0 Å². The minimum atomic E-state index is -0.976. The fraction of sp³-hybridized carbons (Fsp3) is 0.619. The molecule has 1 saturated carbocycles. The third-order valence-electron chi connectivity index (χ3n) is 6.90. The van der Waals surface area contributed by atoms with Gasteiger partial charge >= 0.3 is 152 Å². The summed E-state index contributed by atoms with van der Waals surface area (Å²) in [4.78, 5) is 0. The third-order valence-corrected chi connectivity index (χ3v) is 16.3. The molecule has 0 amide bonds. The van der Waals surface area contributed by atoms with Gasteiger partial charge in [0.05, 0.1) is 0 Å². The van der Waals surface area contributed by atoms with Crippen LogP contribution >= 0.6 is 0 Å². The van der Waals surface area contributed by atoms with Crippen LogP contribution in [-0.2, 0) is 19.2 Å². The van der Waals surface area contributed by atoms with Crippen molar-refractivity contribution in [3.63, 3.8) is 0 Å². The van der Waals surface area contributed by atoms with Crippen molar-refractivity contribution in [1.82, 2.24) is 0 Å². The van der Waals surface area contributed by atoms with Crippen LogP contribution in [0.25, 0.3) is 0 Å². The van der Waals surface area contributed by atoms with Gasteiger partial charge < -0.3 is 24.8 Å². The van der Waals surface area contributed by atoms with Crippen molar-refractivity contribution in [3.8, 4) is 0 Å². The monoisotopic (exact) mass is 428 g/mol. The van der Waals surface area contributed by atoms with E-state index in [1.54, 1.807) is 24.6 Å². The molecule has 1 heterocycles. The van der Waals surface area contributed by atoms with Crippen LogP contribution in [0.1, 0.15) is 39.0 Å². The molecule has 0 radical (unpaired) electrons. The zero-order valence-electron chi connectivity index (χ0n) is 15.3. The largest absolute Gasteiger partial charge is 1.00 e. The summed E-state index contributed by atoms with van der Waals surface area (Å²) in [6, 6.07) is 4.98. The predicted octanol–water partition coefficient (Wildman–Crippen LogP) is 0.494. The summed E-state index contributed by atoms with van der Waals surface area (Å²) in [6.45, 7) is 2.39. The van der Waals surface area contributed by atoms with Crippen molar-refractivity contribution in [2.24, 2.45) is 11.8 Å². The molecule has 25 heavy (non-hydrogen) atoms. The molecule has 0 aromatic heterocycles. The van der Waals surface area contributed by atoms with Gasteiger partial charge in [-0.15, -0.1) is 0 Å². The van der Waals surface area contributed by atoms with Crippen LogP contribution < -0.4 is 24.8 Å². The molecule has 0 bridgehead atoms. The maximum atomic E-state index is 2.63. The first-order chi connectivity index (χ1) is 11.3. The smallest absolute Gasteiger partial charge is 1.00 e. The number of hydrogen-bond donors (Lipinski definition) is 0. The van der Waals surface area contributed by atoms with Crippen LogP contribution in [0.3, 0.4) is 0 Å². The Balaban J connectivity index is 0.00000113. The normalized spacial score (nSPS) is 33.6. The first-order valence-corrected chi connectivity index (χ1v) is 14.2. The maximum Gasteiger partial charge on any atom is -1.00 e. The van der Waals surface area contributed by atoms with E-state index in [0.717, 1.165) is 21.6 Å². The standard InChI is InChI=1S/C16H25Si.C5H5.2ClH.Ti/c1-2-3-11-17(12-6-13-17)16-10-9-14-7-4-5-8-15(14)16;1-2-4-5-3-1;;;/h4-5,7-8,10,14-16H,2-3,6,9,11-13H2,1H3;1-3H,4H2;2*1H;/q;;;;+2/p-2. The van der Waals surface area contributed by atoms with Gasteiger partial charge in [-0.25, -0.2) is 0 Å². The van der Waals surface area contributed by atoms with Crippen molar-refractivity contribution in [2.75, 3.05) is 0 Å². The van der Waals surface area contributed by atoms with Crippen LogP contribution in [0.2, 0.25) is 27.9 Å². The quantitative estimate of drug-likeness (QED) is 0.540. The summed E-state index contributed by atoms with van der Waals surface area (Å²) in [7, 11) is -0.976. The molecule has 0 N–H and O–H groups in total. The second-order valence-corrected chi connectivity index (χ2v) is 15.7. The summed E-state index contributed by atoms with van der Waals surface area (Å²) in [5.41, 5.74) is 1.13. The Morgan fingerprint density at radius 2 is 1.92 bits per heavy atom. The Labute approximate surface area is 176 Å². The van der Waals surface area contributed by atoms with Gasteiger partial charge in [-0.1, -0.05) is 0 Å². The van der Waals surface area contributed by atoms with Crippen molar-refractivity contribution in [2.45, 2.75) is 66.9 Å². The maximum absolute atomic E-state index is 2.63. The van der Waals surface area contributed by atoms with E-state index in [2.05, 4.69) is 49.5 Å². The molecule has 4 heteroatoms. The van der Waals surface area contributed by atoms with E-state index in [1.165, 1.54) is 25.7 Å². The van der Waals surface area contributed by atoms with Gasteiger partial charge in [0.2, 0.25) is 0 Å². The molecule has 4 atom stereocenters. The molecule has 1 saturated heterocycles. The molecule has 2 fully saturated rings. The Kier molecular flexibility index (Phi) is 8.36. The van der Waals surface area contributed by atoms with Crippen LogP contribution in [0, 0.1) is 11.8 Å². The Morgan fingerprint density at radius 3 is 2.56 bits per heavy atom. The molecule has 0 nitrogen and oxygen atoms in total. The molecule has 0 aromatic rings. The number of rotatable bonds is 6. The first kappa shape index (κ1) is 21.8. The molecule has 0 spiro atoms. The molecule has 4 aliphatic rings. The fourth-order valence-electron chi connectivity index (χ4n) is 5.69. The SMILES string of the molecule is CCCC[Si]1(C2[CH]([Ti+2][C]3=CC=CC3)CC3C=CC=CC32)CCC1.[Cl-].[Cl-]. The first-order valence-electron chi connectivity index (χ1n) is 9.80. The topological polar surface area (TPSA) is 0 Å². The van der Waals surface area contributed by atoms with Gasteiger partial charge in [-0.2, -0.15) is 0 Å². The van der Waals surface area contributed by atoms with Crippen LogP contribution in [0.15, 0.2) is 46.4 Å². The number of fused-ring (bicyclic) bond motifs is 1. The van der Waals surface area contributed by atoms with Gasteiger partial charge in [-0.05, 0) is 0 Å². The number of hydrogen-bond acceptors (Lipinski definition) is 0. The minimum Gasteiger partial charge on any atom is -1.00 e. The molecule has 4 unspecified atom stereocenters. The van der Waals surface area contributed by atoms with Crippen LogP contribution in [-0.4, -0.2) is 8.07 Å². The van der Waals surface area contributed by atoms with Crippen LogP contribution in [0.4, 0.5) is 0 Å². The minimum absolute atomic E-state index is 0. The Bertz CT molecular complexity index is 562. The number of allylic oxidation sites excluding steroid dienone is 8. The molecular weight excluding hydrogens is 399 g/mol. The van der Waals surface area contributed by atoms with Crippen LogP contribution in [0.5, 0.6) is 0 Å². The molecule has 1 aliphatic heterocycles. The molecule has 136 valence electrons. The summed E-state index contributed by atoms with van der Waals surface area (Å²) in [5.74, 6) is 1.81. The zero-order chi connectivity index (χ0) is 15.7. The van der Waals surface area contributed by atoms with Gasteiger partial charge in [-0.3, -0.25) is 0 Å². The van der Waals surface area contributed by atoms with Crippen molar-refractivity contribution < 1.29 is 44.0 Å². The average molecular weight is 429 g/mol. The van der Waals surface area contributed by atoms with Gasteiger partial charge in [0.1, 0.15) is 0 Å². The molecule has 3 aliphatic carbocycles. The third kappa shape index (κ3) is 4.32. The van der Waals surface area contributed by atoms with Crippen molar-refractivity contribution in [1.29, 1.82) is 0 Å².